The highest BCUT2D eigenvalue weighted by Crippen LogP contribution is 2.28. The molecule has 4 rings (SSSR count). The smallest absolute Gasteiger partial charge is 0.230 e. The lowest BCUT2D eigenvalue weighted by molar-refractivity contribution is -0.118. The quantitative estimate of drug-likeness (QED) is 0.415. The van der Waals surface area contributed by atoms with Gasteiger partial charge in [0.2, 0.25) is 5.91 Å². The molecule has 2 aromatic carbocycles. The molecular weight excluding hydrogens is 420 g/mol. The number of nitrogens with zero attached hydrogens (tertiary/aromatic N) is 3. The number of carbonyl (C=O) groups is 1. The van der Waals surface area contributed by atoms with Crippen molar-refractivity contribution in [3.63, 3.8) is 0 Å². The molecule has 0 saturated heterocycles. The molecular formula is C22H19ClN4O2S. The minimum Gasteiger partial charge on any atom is -0.467 e. The number of amides is 1. The van der Waals surface area contributed by atoms with Gasteiger partial charge in [-0.3, -0.25) is 9.36 Å². The molecule has 6 nitrogen and oxygen atoms in total. The van der Waals surface area contributed by atoms with Gasteiger partial charge >= 0.3 is 0 Å². The van der Waals surface area contributed by atoms with Crippen LogP contribution in [0.15, 0.2) is 76.5 Å². The number of carbonyl (C=O) groups excluding carboxylic acids is 1. The number of thioether (sulfide) groups is 1. The van der Waals surface area contributed by atoms with E-state index in [1.165, 1.54) is 17.3 Å². The molecule has 30 heavy (non-hydrogen) atoms. The third-order valence-corrected chi connectivity index (χ3v) is 5.58. The molecule has 1 amide bonds. The van der Waals surface area contributed by atoms with Crippen LogP contribution in [0.2, 0.25) is 5.02 Å². The van der Waals surface area contributed by atoms with E-state index >= 15 is 0 Å². The maximum absolute atomic E-state index is 12.3. The maximum atomic E-state index is 12.3. The van der Waals surface area contributed by atoms with Crippen molar-refractivity contribution in [1.29, 1.82) is 0 Å². The highest BCUT2D eigenvalue weighted by atomic mass is 35.5. The van der Waals surface area contributed by atoms with E-state index in [0.717, 1.165) is 11.3 Å². The molecule has 0 saturated carbocycles. The molecule has 0 aliphatic rings. The van der Waals surface area contributed by atoms with E-state index in [4.69, 9.17) is 16.0 Å². The average molecular weight is 439 g/mol. The van der Waals surface area contributed by atoms with Crippen LogP contribution in [0.4, 0.5) is 0 Å². The molecule has 0 radical (unpaired) electrons. The van der Waals surface area contributed by atoms with Crippen molar-refractivity contribution in [1.82, 2.24) is 20.1 Å². The van der Waals surface area contributed by atoms with Crippen LogP contribution in [0, 0.1) is 6.92 Å². The van der Waals surface area contributed by atoms with Crippen molar-refractivity contribution in [2.24, 2.45) is 0 Å². The van der Waals surface area contributed by atoms with Gasteiger partial charge < -0.3 is 9.73 Å². The van der Waals surface area contributed by atoms with Gasteiger partial charge in [-0.2, -0.15) is 0 Å². The number of hydrogen-bond donors (Lipinski definition) is 1. The molecule has 2 heterocycles. The number of rotatable bonds is 7. The molecule has 1 N–H and O–H groups in total. The summed E-state index contributed by atoms with van der Waals surface area (Å²) >= 11 is 7.38. The second-order valence-electron chi connectivity index (χ2n) is 6.63. The van der Waals surface area contributed by atoms with Crippen LogP contribution < -0.4 is 5.32 Å². The molecule has 8 heteroatoms. The first kappa shape index (κ1) is 20.3. The van der Waals surface area contributed by atoms with Crippen LogP contribution >= 0.6 is 23.4 Å². The first-order chi connectivity index (χ1) is 14.6. The lowest BCUT2D eigenvalue weighted by atomic mass is 10.1. The fourth-order valence-corrected chi connectivity index (χ4v) is 3.76. The Morgan fingerprint density at radius 1 is 1.10 bits per heavy atom. The molecule has 0 bridgehead atoms. The highest BCUT2D eigenvalue weighted by Gasteiger charge is 2.17. The summed E-state index contributed by atoms with van der Waals surface area (Å²) in [4.78, 5) is 12.3. The van der Waals surface area contributed by atoms with E-state index in [-0.39, 0.29) is 11.7 Å². The first-order valence-electron chi connectivity index (χ1n) is 9.30. The Morgan fingerprint density at radius 3 is 2.57 bits per heavy atom. The Labute approximate surface area is 183 Å². The molecule has 0 atom stereocenters. The number of aryl methyl sites for hydroxylation is 1. The van der Waals surface area contributed by atoms with E-state index in [0.29, 0.717) is 28.3 Å². The van der Waals surface area contributed by atoms with Gasteiger partial charge in [0.15, 0.2) is 11.0 Å². The summed E-state index contributed by atoms with van der Waals surface area (Å²) in [5.41, 5.74) is 2.98. The molecule has 152 valence electrons. The zero-order valence-electron chi connectivity index (χ0n) is 16.2. The van der Waals surface area contributed by atoms with Crippen molar-refractivity contribution in [2.45, 2.75) is 18.6 Å². The Morgan fingerprint density at radius 2 is 1.87 bits per heavy atom. The second-order valence-corrected chi connectivity index (χ2v) is 8.01. The highest BCUT2D eigenvalue weighted by molar-refractivity contribution is 7.99. The number of benzene rings is 2. The van der Waals surface area contributed by atoms with Gasteiger partial charge in [0.1, 0.15) is 5.76 Å². The van der Waals surface area contributed by atoms with E-state index in [9.17, 15) is 4.79 Å². The van der Waals surface area contributed by atoms with Crippen molar-refractivity contribution in [3.8, 4) is 17.1 Å². The normalized spacial score (nSPS) is 10.9. The van der Waals surface area contributed by atoms with Crippen LogP contribution in [0.3, 0.4) is 0 Å². The minimum absolute atomic E-state index is 0.112. The summed E-state index contributed by atoms with van der Waals surface area (Å²) in [6.07, 6.45) is 1.58. The monoisotopic (exact) mass is 438 g/mol. The molecule has 4 aromatic rings. The van der Waals surface area contributed by atoms with Crippen molar-refractivity contribution in [3.05, 3.63) is 83.3 Å². The first-order valence-corrected chi connectivity index (χ1v) is 10.7. The van der Waals surface area contributed by atoms with E-state index in [2.05, 4.69) is 15.5 Å². The van der Waals surface area contributed by atoms with Crippen molar-refractivity contribution in [2.75, 3.05) is 5.75 Å². The summed E-state index contributed by atoms with van der Waals surface area (Å²) in [5.74, 6) is 1.51. The molecule has 0 spiro atoms. The summed E-state index contributed by atoms with van der Waals surface area (Å²) < 4.78 is 7.17. The number of halogens is 1. The Hall–Kier alpha value is -3.03. The number of furan rings is 1. The zero-order chi connectivity index (χ0) is 20.9. The van der Waals surface area contributed by atoms with Gasteiger partial charge in [-0.1, -0.05) is 53.2 Å². The fraction of sp³-hybridized carbons (Fsp3) is 0.136. The van der Waals surface area contributed by atoms with Gasteiger partial charge in [0, 0.05) is 16.3 Å². The van der Waals surface area contributed by atoms with Gasteiger partial charge in [-0.15, -0.1) is 10.2 Å². The lowest BCUT2D eigenvalue weighted by Crippen LogP contribution is -2.24. The van der Waals surface area contributed by atoms with Gasteiger partial charge in [-0.25, -0.2) is 0 Å². The topological polar surface area (TPSA) is 73.0 Å². The Bertz CT molecular complexity index is 1120. The van der Waals surface area contributed by atoms with Gasteiger partial charge in [0.25, 0.3) is 0 Å². The van der Waals surface area contributed by atoms with Gasteiger partial charge in [-0.05, 0) is 43.3 Å². The predicted octanol–water partition coefficient (Wildman–Crippen LogP) is 4.90. The zero-order valence-corrected chi connectivity index (χ0v) is 17.8. The van der Waals surface area contributed by atoms with Crippen LogP contribution in [0.1, 0.15) is 11.3 Å². The van der Waals surface area contributed by atoms with Gasteiger partial charge in [0.05, 0.1) is 18.6 Å². The average Bonchev–Trinajstić information content (AvgIpc) is 3.42. The standard InChI is InChI=1S/C22H19ClN4O2S/c1-15-4-6-16(7-5-15)21-25-26-22(27(21)18-10-8-17(23)9-11-18)30-14-20(28)24-13-19-3-2-12-29-19/h2-12H,13-14H2,1H3,(H,24,28). The Kier molecular flexibility index (Phi) is 6.21. The third kappa shape index (κ3) is 4.75. The number of nitrogens with one attached hydrogen (secondary N) is 1. The van der Waals surface area contributed by atoms with Crippen LogP contribution in [-0.2, 0) is 11.3 Å². The predicted molar refractivity (Wildman–Crippen MR) is 118 cm³/mol. The SMILES string of the molecule is Cc1ccc(-c2nnc(SCC(=O)NCc3ccco3)n2-c2ccc(Cl)cc2)cc1. The third-order valence-electron chi connectivity index (χ3n) is 4.40. The molecule has 0 aliphatic heterocycles. The van der Waals surface area contributed by atoms with Crippen LogP contribution in [0.25, 0.3) is 17.1 Å². The molecule has 0 aliphatic carbocycles. The maximum Gasteiger partial charge on any atom is 0.230 e. The summed E-state index contributed by atoms with van der Waals surface area (Å²) in [7, 11) is 0. The summed E-state index contributed by atoms with van der Waals surface area (Å²) in [6, 6.07) is 19.1. The summed E-state index contributed by atoms with van der Waals surface area (Å²) in [5, 5.41) is 12.8. The van der Waals surface area contributed by atoms with E-state index in [1.54, 1.807) is 12.3 Å². The fourth-order valence-electron chi connectivity index (χ4n) is 2.86. The second kappa shape index (κ2) is 9.19. The number of hydrogen-bond acceptors (Lipinski definition) is 5. The van der Waals surface area contributed by atoms with Crippen molar-refractivity contribution < 1.29 is 9.21 Å². The lowest BCUT2D eigenvalue weighted by Gasteiger charge is -2.11. The van der Waals surface area contributed by atoms with Crippen LogP contribution in [-0.4, -0.2) is 26.4 Å². The number of aromatic nitrogens is 3. The van der Waals surface area contributed by atoms with Crippen LogP contribution in [0.5, 0.6) is 0 Å². The van der Waals surface area contributed by atoms with E-state index in [1.807, 2.05) is 66.1 Å². The molecule has 2 aromatic heterocycles. The Balaban J connectivity index is 1.57. The van der Waals surface area contributed by atoms with Crippen molar-refractivity contribution >= 4 is 29.3 Å². The molecule has 0 unspecified atom stereocenters. The minimum atomic E-state index is -0.112. The molecule has 0 fully saturated rings. The summed E-state index contributed by atoms with van der Waals surface area (Å²) in [6.45, 7) is 2.39. The largest absolute Gasteiger partial charge is 0.467 e. The van der Waals surface area contributed by atoms with E-state index < -0.39 is 0 Å².